The van der Waals surface area contributed by atoms with Crippen molar-refractivity contribution in [3.05, 3.63) is 77.5 Å². The molecule has 0 bridgehead atoms. The Morgan fingerprint density at radius 1 is 1.03 bits per heavy atom. The van der Waals surface area contributed by atoms with E-state index < -0.39 is 0 Å². The molecule has 3 rings (SSSR count). The maximum absolute atomic E-state index is 13.1. The zero-order chi connectivity index (χ0) is 24.2. The molecule has 0 aliphatic rings. The molecule has 3 aromatic rings. The summed E-state index contributed by atoms with van der Waals surface area (Å²) >= 11 is 0. The van der Waals surface area contributed by atoms with E-state index in [0.29, 0.717) is 17.9 Å². The summed E-state index contributed by atoms with van der Waals surface area (Å²) in [5, 5.41) is 7.73. The molecule has 1 aromatic heterocycles. The fourth-order valence-electron chi connectivity index (χ4n) is 3.50. The van der Waals surface area contributed by atoms with Crippen LogP contribution in [0.15, 0.2) is 60.7 Å². The van der Waals surface area contributed by atoms with E-state index in [1.165, 1.54) is 0 Å². The number of para-hydroxylation sites is 1. The normalized spacial score (nSPS) is 11.5. The lowest BCUT2D eigenvalue weighted by atomic mass is 9.92. The van der Waals surface area contributed by atoms with Gasteiger partial charge in [-0.25, -0.2) is 4.68 Å². The van der Waals surface area contributed by atoms with E-state index >= 15 is 0 Å². The maximum Gasteiger partial charge on any atom is 0.254 e. The number of nitrogens with one attached hydrogen (secondary N) is 1. The predicted molar refractivity (Wildman–Crippen MR) is 133 cm³/mol. The summed E-state index contributed by atoms with van der Waals surface area (Å²) in [7, 11) is 0. The molecule has 2 aromatic carbocycles. The second-order valence-corrected chi connectivity index (χ2v) is 9.91. The van der Waals surface area contributed by atoms with Crippen LogP contribution in [0.3, 0.4) is 0 Å². The number of hydrogen-bond donors (Lipinski definition) is 1. The molecule has 6 heteroatoms. The van der Waals surface area contributed by atoms with Crippen molar-refractivity contribution < 1.29 is 9.59 Å². The third kappa shape index (κ3) is 6.31. The van der Waals surface area contributed by atoms with Crippen LogP contribution in [0.25, 0.3) is 5.69 Å². The minimum absolute atomic E-state index is 0.0320. The number of hydrogen-bond acceptors (Lipinski definition) is 3. The highest BCUT2D eigenvalue weighted by atomic mass is 16.2. The zero-order valence-electron chi connectivity index (χ0n) is 20.4. The van der Waals surface area contributed by atoms with Gasteiger partial charge in [-0.3, -0.25) is 9.59 Å². The molecule has 0 fully saturated rings. The smallest absolute Gasteiger partial charge is 0.254 e. The summed E-state index contributed by atoms with van der Waals surface area (Å²) in [6.07, 6.45) is 0. The van der Waals surface area contributed by atoms with Crippen LogP contribution in [0.4, 0.5) is 5.82 Å². The molecule has 33 heavy (non-hydrogen) atoms. The summed E-state index contributed by atoms with van der Waals surface area (Å²) in [6.45, 7) is 12.8. The van der Waals surface area contributed by atoms with Crippen LogP contribution in [-0.2, 0) is 10.2 Å². The van der Waals surface area contributed by atoms with Crippen molar-refractivity contribution in [1.82, 2.24) is 14.7 Å². The first-order valence-electron chi connectivity index (χ1n) is 11.4. The summed E-state index contributed by atoms with van der Waals surface area (Å²) in [5.41, 5.74) is 3.22. The van der Waals surface area contributed by atoms with Crippen molar-refractivity contribution in [3.63, 3.8) is 0 Å². The van der Waals surface area contributed by atoms with E-state index in [-0.39, 0.29) is 29.7 Å². The molecule has 1 N–H and O–H groups in total. The third-order valence-corrected chi connectivity index (χ3v) is 5.25. The lowest BCUT2D eigenvalue weighted by Gasteiger charge is -2.24. The van der Waals surface area contributed by atoms with Gasteiger partial charge in [0.1, 0.15) is 12.4 Å². The number of amides is 2. The fraction of sp³-hybridized carbons (Fsp3) is 0.370. The van der Waals surface area contributed by atoms with Gasteiger partial charge in [0, 0.05) is 23.6 Å². The zero-order valence-corrected chi connectivity index (χ0v) is 20.4. The average molecular weight is 447 g/mol. The second-order valence-electron chi connectivity index (χ2n) is 9.91. The molecule has 0 unspecified atom stereocenters. The van der Waals surface area contributed by atoms with Gasteiger partial charge < -0.3 is 10.2 Å². The Bertz CT molecular complexity index is 1090. The Hall–Kier alpha value is -3.41. The maximum atomic E-state index is 13.1. The van der Waals surface area contributed by atoms with E-state index in [2.05, 4.69) is 26.1 Å². The van der Waals surface area contributed by atoms with Gasteiger partial charge in [0.15, 0.2) is 0 Å². The van der Waals surface area contributed by atoms with E-state index in [4.69, 9.17) is 5.10 Å². The van der Waals surface area contributed by atoms with Crippen LogP contribution in [0.5, 0.6) is 0 Å². The molecular weight excluding hydrogens is 412 g/mol. The van der Waals surface area contributed by atoms with Crippen LogP contribution >= 0.6 is 0 Å². The number of rotatable bonds is 7. The highest BCUT2D eigenvalue weighted by Gasteiger charge is 2.24. The minimum atomic E-state index is -0.256. The minimum Gasteiger partial charge on any atom is -0.329 e. The first-order valence-corrected chi connectivity index (χ1v) is 11.4. The average Bonchev–Trinajstić information content (AvgIpc) is 3.18. The standard InChI is InChI=1S/C27H34N4O2/c1-19(2)17-30(26(33)21-14-12-20(3)13-15-21)18-25(32)28-24-16-23(27(4,5)6)29-31(24)22-10-8-7-9-11-22/h7-16,19H,17-18H2,1-6H3,(H,28,32). The number of benzene rings is 2. The molecule has 6 nitrogen and oxygen atoms in total. The number of carbonyl (C=O) groups excluding carboxylic acids is 2. The van der Waals surface area contributed by atoms with Gasteiger partial charge in [-0.2, -0.15) is 5.10 Å². The van der Waals surface area contributed by atoms with Crippen LogP contribution in [0.2, 0.25) is 0 Å². The van der Waals surface area contributed by atoms with Gasteiger partial charge in [0.25, 0.3) is 5.91 Å². The second kappa shape index (κ2) is 10.0. The molecule has 0 atom stereocenters. The van der Waals surface area contributed by atoms with E-state index in [1.807, 2.05) is 81.4 Å². The molecule has 0 spiro atoms. The summed E-state index contributed by atoms with van der Waals surface area (Å²) in [4.78, 5) is 27.8. The first kappa shape index (κ1) is 24.2. The quantitative estimate of drug-likeness (QED) is 0.541. The van der Waals surface area contributed by atoms with Crippen LogP contribution in [-0.4, -0.2) is 39.6 Å². The van der Waals surface area contributed by atoms with Gasteiger partial charge in [-0.05, 0) is 37.1 Å². The SMILES string of the molecule is Cc1ccc(C(=O)N(CC(=O)Nc2cc(C(C)(C)C)nn2-c2ccccc2)CC(C)C)cc1. The first-order chi connectivity index (χ1) is 15.5. The highest BCUT2D eigenvalue weighted by Crippen LogP contribution is 2.26. The lowest BCUT2D eigenvalue weighted by molar-refractivity contribution is -0.117. The van der Waals surface area contributed by atoms with E-state index in [9.17, 15) is 9.59 Å². The van der Waals surface area contributed by atoms with Crippen molar-refractivity contribution in [3.8, 4) is 5.69 Å². The molecule has 0 saturated carbocycles. The Kier molecular flexibility index (Phi) is 7.36. The van der Waals surface area contributed by atoms with Crippen LogP contribution < -0.4 is 5.32 Å². The van der Waals surface area contributed by atoms with Crippen molar-refractivity contribution in [2.24, 2.45) is 5.92 Å². The molecule has 0 aliphatic carbocycles. The monoisotopic (exact) mass is 446 g/mol. The summed E-state index contributed by atoms with van der Waals surface area (Å²) < 4.78 is 1.74. The van der Waals surface area contributed by atoms with Crippen molar-refractivity contribution >= 4 is 17.6 Å². The lowest BCUT2D eigenvalue weighted by Crippen LogP contribution is -2.40. The molecule has 1 heterocycles. The van der Waals surface area contributed by atoms with Crippen molar-refractivity contribution in [2.75, 3.05) is 18.4 Å². The number of anilines is 1. The van der Waals surface area contributed by atoms with Crippen LogP contribution in [0.1, 0.15) is 56.2 Å². The van der Waals surface area contributed by atoms with Crippen LogP contribution in [0, 0.1) is 12.8 Å². The third-order valence-electron chi connectivity index (χ3n) is 5.25. The Morgan fingerprint density at radius 2 is 1.67 bits per heavy atom. The van der Waals surface area contributed by atoms with Crippen molar-refractivity contribution in [2.45, 2.75) is 47.0 Å². The number of aryl methyl sites for hydroxylation is 1. The summed E-state index contributed by atoms with van der Waals surface area (Å²) in [6, 6.07) is 19.0. The van der Waals surface area contributed by atoms with Gasteiger partial charge in [0.05, 0.1) is 11.4 Å². The Balaban J connectivity index is 1.84. The largest absolute Gasteiger partial charge is 0.329 e. The van der Waals surface area contributed by atoms with Crippen molar-refractivity contribution in [1.29, 1.82) is 0 Å². The van der Waals surface area contributed by atoms with Gasteiger partial charge in [-0.15, -0.1) is 0 Å². The van der Waals surface area contributed by atoms with E-state index in [1.54, 1.807) is 9.58 Å². The molecule has 0 saturated heterocycles. The molecule has 0 aliphatic heterocycles. The van der Waals surface area contributed by atoms with Gasteiger partial charge >= 0.3 is 0 Å². The topological polar surface area (TPSA) is 67.2 Å². The molecule has 174 valence electrons. The molecule has 2 amide bonds. The van der Waals surface area contributed by atoms with Gasteiger partial charge in [-0.1, -0.05) is 70.5 Å². The predicted octanol–water partition coefficient (Wildman–Crippen LogP) is 5.22. The molecular formula is C27H34N4O2. The van der Waals surface area contributed by atoms with E-state index in [0.717, 1.165) is 16.9 Å². The number of carbonyl (C=O) groups is 2. The number of nitrogens with zero attached hydrogens (tertiary/aromatic N) is 3. The Labute approximate surface area is 196 Å². The Morgan fingerprint density at radius 3 is 2.24 bits per heavy atom. The number of aromatic nitrogens is 2. The summed E-state index contributed by atoms with van der Waals surface area (Å²) in [5.74, 6) is 0.414. The molecule has 0 radical (unpaired) electrons. The van der Waals surface area contributed by atoms with Gasteiger partial charge in [0.2, 0.25) is 5.91 Å². The highest BCUT2D eigenvalue weighted by molar-refractivity contribution is 5.99. The fourth-order valence-corrected chi connectivity index (χ4v) is 3.50.